The van der Waals surface area contributed by atoms with Gasteiger partial charge in [-0.25, -0.2) is 4.79 Å². The second-order valence-corrected chi connectivity index (χ2v) is 3.64. The molecule has 1 aromatic rings. The summed E-state index contributed by atoms with van der Waals surface area (Å²) >= 11 is 4.69. The van der Waals surface area contributed by atoms with Crippen LogP contribution in [0.1, 0.15) is 11.1 Å². The van der Waals surface area contributed by atoms with Gasteiger partial charge in [-0.15, -0.1) is 0 Å². The van der Waals surface area contributed by atoms with Gasteiger partial charge >= 0.3 is 6.09 Å². The van der Waals surface area contributed by atoms with E-state index < -0.39 is 6.09 Å². The molecule has 6 heteroatoms. The Morgan fingerprint density at radius 3 is 2.38 bits per heavy atom. The summed E-state index contributed by atoms with van der Waals surface area (Å²) in [5.74, 6) is 0. The minimum atomic E-state index is -1.04. The quantitative estimate of drug-likeness (QED) is 0.583. The van der Waals surface area contributed by atoms with Crippen LogP contribution >= 0.6 is 12.2 Å². The van der Waals surface area contributed by atoms with Gasteiger partial charge in [0, 0.05) is 13.1 Å². The Labute approximate surface area is 98.6 Å². The predicted octanol–water partition coefficient (Wildman–Crippen LogP) is 0.787. The first-order chi connectivity index (χ1) is 7.58. The van der Waals surface area contributed by atoms with E-state index in [1.165, 1.54) is 0 Å². The van der Waals surface area contributed by atoms with E-state index in [9.17, 15) is 4.79 Å². The summed E-state index contributed by atoms with van der Waals surface area (Å²) in [4.78, 5) is 10.3. The van der Waals surface area contributed by atoms with Crippen LogP contribution in [0.15, 0.2) is 24.3 Å². The number of carbonyl (C=O) groups is 1. The van der Waals surface area contributed by atoms with Crippen LogP contribution in [0.2, 0.25) is 0 Å². The van der Waals surface area contributed by atoms with Crippen molar-refractivity contribution in [3.8, 4) is 0 Å². The van der Waals surface area contributed by atoms with Crippen molar-refractivity contribution in [1.82, 2.24) is 10.6 Å². The molecule has 1 aromatic carbocycles. The third-order valence-corrected chi connectivity index (χ3v) is 2.05. The molecule has 0 aliphatic rings. The van der Waals surface area contributed by atoms with Crippen LogP contribution < -0.4 is 16.4 Å². The second-order valence-electron chi connectivity index (χ2n) is 3.20. The standard InChI is InChI=1S/C10H13N3O2S/c11-9(16)12-5-7-2-1-3-8(4-7)6-13-10(14)15/h1-4,13H,5-6H2,(H,14,15)(H3,11,12,16). The van der Waals surface area contributed by atoms with Crippen LogP contribution in [0.3, 0.4) is 0 Å². The number of hydrogen-bond acceptors (Lipinski definition) is 2. The Hall–Kier alpha value is -1.82. The van der Waals surface area contributed by atoms with Crippen molar-refractivity contribution in [2.75, 3.05) is 0 Å². The number of benzene rings is 1. The number of nitrogens with two attached hydrogens (primary N) is 1. The minimum Gasteiger partial charge on any atom is -0.465 e. The van der Waals surface area contributed by atoms with Crippen molar-refractivity contribution < 1.29 is 9.90 Å². The molecule has 0 unspecified atom stereocenters. The highest BCUT2D eigenvalue weighted by molar-refractivity contribution is 7.80. The summed E-state index contributed by atoms with van der Waals surface area (Å²) < 4.78 is 0. The zero-order valence-electron chi connectivity index (χ0n) is 8.56. The molecule has 0 heterocycles. The number of rotatable bonds is 4. The van der Waals surface area contributed by atoms with Crippen LogP contribution in [0.4, 0.5) is 4.79 Å². The van der Waals surface area contributed by atoms with Crippen molar-refractivity contribution in [1.29, 1.82) is 0 Å². The average Bonchev–Trinajstić information content (AvgIpc) is 2.24. The van der Waals surface area contributed by atoms with E-state index in [0.29, 0.717) is 6.54 Å². The third kappa shape index (κ3) is 4.61. The molecule has 1 amide bonds. The summed E-state index contributed by atoms with van der Waals surface area (Å²) in [6.07, 6.45) is -1.04. The fourth-order valence-corrected chi connectivity index (χ4v) is 1.29. The molecule has 0 saturated carbocycles. The molecule has 86 valence electrons. The second kappa shape index (κ2) is 5.92. The summed E-state index contributed by atoms with van der Waals surface area (Å²) in [6, 6.07) is 7.51. The lowest BCUT2D eigenvalue weighted by Gasteiger charge is -2.06. The molecular weight excluding hydrogens is 226 g/mol. The van der Waals surface area contributed by atoms with Crippen LogP contribution in [0, 0.1) is 0 Å². The van der Waals surface area contributed by atoms with E-state index in [4.69, 9.17) is 10.8 Å². The lowest BCUT2D eigenvalue weighted by Crippen LogP contribution is -2.28. The first kappa shape index (κ1) is 12.3. The lowest BCUT2D eigenvalue weighted by molar-refractivity contribution is 0.194. The number of carboxylic acid groups (broad SMARTS) is 1. The largest absolute Gasteiger partial charge is 0.465 e. The highest BCUT2D eigenvalue weighted by Gasteiger charge is 1.98. The Kier molecular flexibility index (Phi) is 4.53. The highest BCUT2D eigenvalue weighted by atomic mass is 32.1. The Balaban J connectivity index is 2.56. The number of hydrogen-bond donors (Lipinski definition) is 4. The monoisotopic (exact) mass is 239 g/mol. The molecular formula is C10H13N3O2S. The van der Waals surface area contributed by atoms with E-state index >= 15 is 0 Å². The summed E-state index contributed by atoms with van der Waals surface area (Å²) in [7, 11) is 0. The predicted molar refractivity (Wildman–Crippen MR) is 64.9 cm³/mol. The third-order valence-electron chi connectivity index (χ3n) is 1.90. The maximum absolute atomic E-state index is 10.3. The Bertz CT molecular complexity index is 362. The number of thiocarbonyl (C=S) groups is 1. The maximum Gasteiger partial charge on any atom is 0.404 e. The van der Waals surface area contributed by atoms with Crippen LogP contribution in [0.25, 0.3) is 0 Å². The van der Waals surface area contributed by atoms with Gasteiger partial charge in [0.1, 0.15) is 0 Å². The van der Waals surface area contributed by atoms with Crippen molar-refractivity contribution in [2.24, 2.45) is 5.73 Å². The first-order valence-electron chi connectivity index (χ1n) is 4.66. The molecule has 0 radical (unpaired) electrons. The van der Waals surface area contributed by atoms with E-state index in [1.54, 1.807) is 0 Å². The number of amides is 1. The molecule has 5 nitrogen and oxygen atoms in total. The van der Waals surface area contributed by atoms with Gasteiger partial charge in [-0.3, -0.25) is 0 Å². The fraction of sp³-hybridized carbons (Fsp3) is 0.200. The molecule has 0 aromatic heterocycles. The molecule has 0 atom stereocenters. The Morgan fingerprint density at radius 2 is 1.88 bits per heavy atom. The normalized spacial score (nSPS) is 9.50. The van der Waals surface area contributed by atoms with Gasteiger partial charge in [0.05, 0.1) is 0 Å². The molecule has 0 bridgehead atoms. The summed E-state index contributed by atoms with van der Waals surface area (Å²) in [6.45, 7) is 0.826. The molecule has 0 saturated heterocycles. The van der Waals surface area contributed by atoms with Gasteiger partial charge in [-0.2, -0.15) is 0 Å². The molecule has 0 spiro atoms. The Morgan fingerprint density at radius 1 is 1.31 bits per heavy atom. The summed E-state index contributed by atoms with van der Waals surface area (Å²) in [5, 5.41) is 13.8. The SMILES string of the molecule is NC(=S)NCc1cccc(CNC(=O)O)c1. The van der Waals surface area contributed by atoms with E-state index in [0.717, 1.165) is 11.1 Å². The van der Waals surface area contributed by atoms with E-state index in [2.05, 4.69) is 22.9 Å². The van der Waals surface area contributed by atoms with Crippen LogP contribution in [0.5, 0.6) is 0 Å². The first-order valence-corrected chi connectivity index (χ1v) is 5.06. The van der Waals surface area contributed by atoms with Gasteiger partial charge in [-0.1, -0.05) is 24.3 Å². The van der Waals surface area contributed by atoms with Gasteiger partial charge in [0.15, 0.2) is 5.11 Å². The minimum absolute atomic E-state index is 0.245. The summed E-state index contributed by atoms with van der Waals surface area (Å²) in [5.41, 5.74) is 7.20. The maximum atomic E-state index is 10.3. The molecule has 16 heavy (non-hydrogen) atoms. The fourth-order valence-electron chi connectivity index (χ4n) is 1.22. The van der Waals surface area contributed by atoms with Gasteiger partial charge in [0.2, 0.25) is 0 Å². The van der Waals surface area contributed by atoms with Crippen molar-refractivity contribution in [2.45, 2.75) is 13.1 Å². The zero-order chi connectivity index (χ0) is 12.0. The molecule has 0 aliphatic heterocycles. The molecule has 0 fully saturated rings. The molecule has 1 rings (SSSR count). The topological polar surface area (TPSA) is 87.4 Å². The average molecular weight is 239 g/mol. The van der Waals surface area contributed by atoms with E-state index in [-0.39, 0.29) is 11.7 Å². The van der Waals surface area contributed by atoms with Crippen LogP contribution in [-0.2, 0) is 13.1 Å². The van der Waals surface area contributed by atoms with Crippen molar-refractivity contribution >= 4 is 23.4 Å². The van der Waals surface area contributed by atoms with Gasteiger partial charge < -0.3 is 21.5 Å². The van der Waals surface area contributed by atoms with Crippen molar-refractivity contribution in [3.63, 3.8) is 0 Å². The lowest BCUT2D eigenvalue weighted by atomic mass is 10.1. The zero-order valence-corrected chi connectivity index (χ0v) is 9.38. The van der Waals surface area contributed by atoms with E-state index in [1.807, 2.05) is 24.3 Å². The molecule has 0 aliphatic carbocycles. The van der Waals surface area contributed by atoms with Crippen LogP contribution in [-0.4, -0.2) is 16.3 Å². The smallest absolute Gasteiger partial charge is 0.404 e. The van der Waals surface area contributed by atoms with Gasteiger partial charge in [0.25, 0.3) is 0 Å². The van der Waals surface area contributed by atoms with Crippen molar-refractivity contribution in [3.05, 3.63) is 35.4 Å². The molecule has 5 N–H and O–H groups in total. The van der Waals surface area contributed by atoms with Gasteiger partial charge in [-0.05, 0) is 23.3 Å². The number of nitrogens with one attached hydrogen (secondary N) is 2. The highest BCUT2D eigenvalue weighted by Crippen LogP contribution is 2.04.